The SMILES string of the molecule is CCc1ccc(Nc2c(F)cc(F)cc2Cl)cc1C(=O)OCl. The summed E-state index contributed by atoms with van der Waals surface area (Å²) in [4.78, 5) is 11.6. The van der Waals surface area contributed by atoms with Gasteiger partial charge in [-0.1, -0.05) is 24.6 Å². The zero-order valence-electron chi connectivity index (χ0n) is 11.4. The van der Waals surface area contributed by atoms with Crippen molar-refractivity contribution in [2.75, 3.05) is 5.32 Å². The van der Waals surface area contributed by atoms with Crippen molar-refractivity contribution >= 4 is 40.8 Å². The van der Waals surface area contributed by atoms with E-state index in [1.807, 2.05) is 6.92 Å². The molecular weight excluding hydrogens is 335 g/mol. The fraction of sp³-hybridized carbons (Fsp3) is 0.133. The van der Waals surface area contributed by atoms with Crippen molar-refractivity contribution in [2.24, 2.45) is 0 Å². The zero-order chi connectivity index (χ0) is 16.3. The van der Waals surface area contributed by atoms with Gasteiger partial charge < -0.3 is 9.61 Å². The summed E-state index contributed by atoms with van der Waals surface area (Å²) < 4.78 is 31.0. The highest BCUT2D eigenvalue weighted by atomic mass is 35.5. The molecule has 2 aromatic rings. The van der Waals surface area contributed by atoms with Crippen LogP contribution in [-0.2, 0) is 10.7 Å². The Morgan fingerprint density at radius 3 is 2.59 bits per heavy atom. The summed E-state index contributed by atoms with van der Waals surface area (Å²) >= 11 is 10.9. The Morgan fingerprint density at radius 1 is 1.27 bits per heavy atom. The molecule has 116 valence electrons. The van der Waals surface area contributed by atoms with Gasteiger partial charge in [-0.25, -0.2) is 13.6 Å². The summed E-state index contributed by atoms with van der Waals surface area (Å²) in [5.74, 6) is -2.33. The van der Waals surface area contributed by atoms with E-state index >= 15 is 0 Å². The van der Waals surface area contributed by atoms with E-state index in [1.54, 1.807) is 12.1 Å². The highest BCUT2D eigenvalue weighted by molar-refractivity contribution is 6.33. The molecule has 0 heterocycles. The number of rotatable bonds is 4. The normalized spacial score (nSPS) is 10.4. The van der Waals surface area contributed by atoms with Crippen LogP contribution in [0.2, 0.25) is 5.02 Å². The molecular formula is C15H11Cl2F2NO2. The number of nitrogens with one attached hydrogen (secondary N) is 1. The van der Waals surface area contributed by atoms with Crippen molar-refractivity contribution in [1.29, 1.82) is 0 Å². The fourth-order valence-electron chi connectivity index (χ4n) is 2.00. The van der Waals surface area contributed by atoms with E-state index in [0.717, 1.165) is 11.6 Å². The van der Waals surface area contributed by atoms with Crippen LogP contribution in [0, 0.1) is 11.6 Å². The number of carbonyl (C=O) groups is 1. The van der Waals surface area contributed by atoms with E-state index in [1.165, 1.54) is 6.07 Å². The summed E-state index contributed by atoms with van der Waals surface area (Å²) in [5.41, 5.74) is 1.28. The van der Waals surface area contributed by atoms with Gasteiger partial charge >= 0.3 is 5.97 Å². The van der Waals surface area contributed by atoms with Crippen LogP contribution >= 0.6 is 23.5 Å². The predicted molar refractivity (Wildman–Crippen MR) is 81.7 cm³/mol. The van der Waals surface area contributed by atoms with Gasteiger partial charge in [-0.3, -0.25) is 0 Å². The third-order valence-corrected chi connectivity index (χ3v) is 3.50. The highest BCUT2D eigenvalue weighted by Crippen LogP contribution is 2.30. The average Bonchev–Trinajstić information content (AvgIpc) is 2.49. The number of carbonyl (C=O) groups excluding carboxylic acids is 1. The van der Waals surface area contributed by atoms with Gasteiger partial charge in [0.15, 0.2) is 5.82 Å². The summed E-state index contributed by atoms with van der Waals surface area (Å²) in [6.45, 7) is 1.87. The van der Waals surface area contributed by atoms with E-state index in [0.29, 0.717) is 18.2 Å². The van der Waals surface area contributed by atoms with Crippen LogP contribution in [0.5, 0.6) is 0 Å². The molecule has 0 radical (unpaired) electrons. The first-order valence-corrected chi connectivity index (χ1v) is 7.02. The molecule has 1 N–H and O–H groups in total. The Labute approximate surface area is 136 Å². The van der Waals surface area contributed by atoms with E-state index in [4.69, 9.17) is 23.5 Å². The van der Waals surface area contributed by atoms with Gasteiger partial charge in [0.1, 0.15) is 17.7 Å². The second-order valence-electron chi connectivity index (χ2n) is 4.46. The quantitative estimate of drug-likeness (QED) is 0.823. The highest BCUT2D eigenvalue weighted by Gasteiger charge is 2.15. The molecule has 22 heavy (non-hydrogen) atoms. The summed E-state index contributed by atoms with van der Waals surface area (Å²) in [5, 5.41) is 2.60. The molecule has 3 nitrogen and oxygen atoms in total. The maximum atomic E-state index is 13.8. The molecule has 2 rings (SSSR count). The lowest BCUT2D eigenvalue weighted by Crippen LogP contribution is -2.05. The fourth-order valence-corrected chi connectivity index (χ4v) is 2.32. The molecule has 7 heteroatoms. The maximum Gasteiger partial charge on any atom is 0.356 e. The molecule has 0 unspecified atom stereocenters. The monoisotopic (exact) mass is 345 g/mol. The largest absolute Gasteiger partial charge is 0.356 e. The van der Waals surface area contributed by atoms with E-state index < -0.39 is 17.6 Å². The molecule has 0 aromatic heterocycles. The molecule has 0 aliphatic heterocycles. The molecule has 0 saturated heterocycles. The van der Waals surface area contributed by atoms with Crippen molar-refractivity contribution in [1.82, 2.24) is 0 Å². The van der Waals surface area contributed by atoms with Crippen LogP contribution in [0.1, 0.15) is 22.8 Å². The number of hydrogen-bond acceptors (Lipinski definition) is 3. The minimum Gasteiger partial charge on any atom is -0.352 e. The first-order chi connectivity index (χ1) is 10.5. The van der Waals surface area contributed by atoms with Crippen LogP contribution in [0.15, 0.2) is 30.3 Å². The molecule has 0 saturated carbocycles. The van der Waals surface area contributed by atoms with Crippen molar-refractivity contribution in [3.05, 3.63) is 58.1 Å². The molecule has 0 atom stereocenters. The van der Waals surface area contributed by atoms with Crippen LogP contribution < -0.4 is 5.32 Å². The van der Waals surface area contributed by atoms with Crippen molar-refractivity contribution in [3.63, 3.8) is 0 Å². The molecule has 0 fully saturated rings. The van der Waals surface area contributed by atoms with Crippen LogP contribution in [-0.4, -0.2) is 5.97 Å². The second kappa shape index (κ2) is 6.94. The molecule has 2 aromatic carbocycles. The first kappa shape index (κ1) is 16.5. The first-order valence-electron chi connectivity index (χ1n) is 6.33. The molecule has 0 aliphatic carbocycles. The second-order valence-corrected chi connectivity index (χ2v) is 5.02. The number of aryl methyl sites for hydroxylation is 1. The Balaban J connectivity index is 2.41. The van der Waals surface area contributed by atoms with Crippen LogP contribution in [0.4, 0.5) is 20.2 Å². The third kappa shape index (κ3) is 3.48. The van der Waals surface area contributed by atoms with Gasteiger partial charge in [0.25, 0.3) is 0 Å². The minimum atomic E-state index is -0.842. The van der Waals surface area contributed by atoms with Gasteiger partial charge in [0.05, 0.1) is 16.3 Å². The average molecular weight is 346 g/mol. The van der Waals surface area contributed by atoms with Gasteiger partial charge in [0, 0.05) is 11.8 Å². The molecule has 0 amide bonds. The van der Waals surface area contributed by atoms with E-state index in [9.17, 15) is 13.6 Å². The Kier molecular flexibility index (Phi) is 5.21. The number of hydrogen-bond donors (Lipinski definition) is 1. The Morgan fingerprint density at radius 2 is 2.00 bits per heavy atom. The topological polar surface area (TPSA) is 38.3 Å². The van der Waals surface area contributed by atoms with Gasteiger partial charge in [-0.15, -0.1) is 0 Å². The van der Waals surface area contributed by atoms with Gasteiger partial charge in [0.2, 0.25) is 0 Å². The number of halogens is 4. The van der Waals surface area contributed by atoms with Crippen LogP contribution in [0.3, 0.4) is 0 Å². The van der Waals surface area contributed by atoms with Crippen molar-refractivity contribution in [3.8, 4) is 0 Å². The lowest BCUT2D eigenvalue weighted by molar-refractivity contribution is 0.0750. The third-order valence-electron chi connectivity index (χ3n) is 3.06. The van der Waals surface area contributed by atoms with Gasteiger partial charge in [-0.2, -0.15) is 0 Å². The standard InChI is InChI=1S/C15H11Cl2F2NO2/c1-2-8-3-4-10(7-11(8)15(21)22-17)20-14-12(16)5-9(18)6-13(14)19/h3-7,20H,2H2,1H3. The minimum absolute atomic E-state index is 0.0856. The van der Waals surface area contributed by atoms with E-state index in [2.05, 4.69) is 9.61 Å². The number of benzene rings is 2. The van der Waals surface area contributed by atoms with Crippen LogP contribution in [0.25, 0.3) is 0 Å². The van der Waals surface area contributed by atoms with Gasteiger partial charge in [-0.05, 0) is 30.2 Å². The molecule has 0 aliphatic rings. The van der Waals surface area contributed by atoms with E-state index in [-0.39, 0.29) is 16.3 Å². The lowest BCUT2D eigenvalue weighted by Gasteiger charge is -2.12. The zero-order valence-corrected chi connectivity index (χ0v) is 12.9. The molecule has 0 spiro atoms. The summed E-state index contributed by atoms with van der Waals surface area (Å²) in [6.07, 6.45) is 0.591. The molecule has 0 bridgehead atoms. The summed E-state index contributed by atoms with van der Waals surface area (Å²) in [6, 6.07) is 6.48. The Hall–Kier alpha value is -1.85. The smallest absolute Gasteiger partial charge is 0.352 e. The maximum absolute atomic E-state index is 13.8. The van der Waals surface area contributed by atoms with Crippen molar-refractivity contribution in [2.45, 2.75) is 13.3 Å². The number of anilines is 2. The Bertz CT molecular complexity index is 700. The summed E-state index contributed by atoms with van der Waals surface area (Å²) in [7, 11) is 0. The predicted octanol–water partition coefficient (Wildman–Crippen LogP) is 5.23. The lowest BCUT2D eigenvalue weighted by atomic mass is 10.0. The van der Waals surface area contributed by atoms with Crippen molar-refractivity contribution < 1.29 is 17.9 Å².